The second-order valence-electron chi connectivity index (χ2n) is 6.41. The van der Waals surface area contributed by atoms with Gasteiger partial charge in [0.05, 0.1) is 16.2 Å². The van der Waals surface area contributed by atoms with Gasteiger partial charge in [-0.25, -0.2) is 4.79 Å². The highest BCUT2D eigenvalue weighted by Gasteiger charge is 2.33. The molecule has 1 aromatic heterocycles. The zero-order valence-corrected chi connectivity index (χ0v) is 16.9. The fourth-order valence-electron chi connectivity index (χ4n) is 3.05. The third-order valence-corrected chi connectivity index (χ3v) is 5.68. The molecule has 0 atom stereocenters. The number of hydrogen-bond acceptors (Lipinski definition) is 5. The van der Waals surface area contributed by atoms with E-state index >= 15 is 0 Å². The van der Waals surface area contributed by atoms with Gasteiger partial charge in [0.1, 0.15) is 11.5 Å². The molecule has 1 N–H and O–H groups in total. The summed E-state index contributed by atoms with van der Waals surface area (Å²) in [5.74, 6) is -0.375. The molecule has 1 fully saturated rings. The summed E-state index contributed by atoms with van der Waals surface area (Å²) in [5, 5.41) is 9.36. The van der Waals surface area contributed by atoms with Crippen molar-refractivity contribution in [2.24, 2.45) is 0 Å². The minimum Gasteiger partial charge on any atom is -0.478 e. The SMILES string of the molecule is Cc1cccc(N2C(=O)/C(=C\c3ccc(-c4ccccc4C(=O)O)o3)SC2=S)c1. The molecule has 7 heteroatoms. The van der Waals surface area contributed by atoms with Crippen molar-refractivity contribution in [3.05, 3.63) is 82.5 Å². The number of rotatable bonds is 4. The van der Waals surface area contributed by atoms with Gasteiger partial charge in [0.15, 0.2) is 4.32 Å². The van der Waals surface area contributed by atoms with Crippen LogP contribution < -0.4 is 4.90 Å². The number of aryl methyl sites for hydroxylation is 1. The van der Waals surface area contributed by atoms with Crippen molar-refractivity contribution < 1.29 is 19.1 Å². The van der Waals surface area contributed by atoms with Crippen molar-refractivity contribution in [1.82, 2.24) is 0 Å². The predicted octanol–water partition coefficient (Wildman–Crippen LogP) is 5.36. The lowest BCUT2D eigenvalue weighted by Crippen LogP contribution is -2.27. The van der Waals surface area contributed by atoms with Gasteiger partial charge in [0.2, 0.25) is 0 Å². The Balaban J connectivity index is 1.64. The Kier molecular flexibility index (Phi) is 5.08. The van der Waals surface area contributed by atoms with Gasteiger partial charge in [0.25, 0.3) is 5.91 Å². The molecule has 1 aliphatic heterocycles. The van der Waals surface area contributed by atoms with Crippen molar-refractivity contribution in [1.29, 1.82) is 0 Å². The molecular formula is C22H15NO4S2. The van der Waals surface area contributed by atoms with Crippen LogP contribution in [-0.4, -0.2) is 21.3 Å². The lowest BCUT2D eigenvalue weighted by molar-refractivity contribution is -0.113. The number of thiocarbonyl (C=S) groups is 1. The number of carbonyl (C=O) groups is 2. The Morgan fingerprint density at radius 3 is 2.69 bits per heavy atom. The minimum absolute atomic E-state index is 0.152. The zero-order chi connectivity index (χ0) is 20.5. The number of amides is 1. The predicted molar refractivity (Wildman–Crippen MR) is 118 cm³/mol. The van der Waals surface area contributed by atoms with Gasteiger partial charge in [-0.15, -0.1) is 0 Å². The molecule has 0 unspecified atom stereocenters. The van der Waals surface area contributed by atoms with Crippen LogP contribution >= 0.6 is 24.0 Å². The first-order chi connectivity index (χ1) is 13.9. The molecule has 1 saturated heterocycles. The van der Waals surface area contributed by atoms with Crippen LogP contribution in [-0.2, 0) is 4.79 Å². The van der Waals surface area contributed by atoms with E-state index in [0.717, 1.165) is 11.3 Å². The number of carboxylic acid groups (broad SMARTS) is 1. The van der Waals surface area contributed by atoms with E-state index in [1.807, 2.05) is 31.2 Å². The van der Waals surface area contributed by atoms with E-state index in [1.54, 1.807) is 36.4 Å². The van der Waals surface area contributed by atoms with Crippen LogP contribution in [0.5, 0.6) is 0 Å². The maximum absolute atomic E-state index is 12.9. The van der Waals surface area contributed by atoms with Crippen molar-refractivity contribution in [2.45, 2.75) is 6.92 Å². The number of nitrogens with zero attached hydrogens (tertiary/aromatic N) is 1. The molecule has 29 heavy (non-hydrogen) atoms. The molecule has 1 aliphatic rings. The first-order valence-corrected chi connectivity index (χ1v) is 9.93. The maximum Gasteiger partial charge on any atom is 0.336 e. The molecule has 144 valence electrons. The second kappa shape index (κ2) is 7.69. The molecule has 3 aromatic rings. The van der Waals surface area contributed by atoms with Gasteiger partial charge in [-0.05, 0) is 42.8 Å². The first-order valence-electron chi connectivity index (χ1n) is 8.71. The molecule has 0 bridgehead atoms. The number of hydrogen-bond donors (Lipinski definition) is 1. The van der Waals surface area contributed by atoms with Crippen molar-refractivity contribution in [3.8, 4) is 11.3 Å². The summed E-state index contributed by atoms with van der Waals surface area (Å²) >= 11 is 6.60. The van der Waals surface area contributed by atoms with E-state index in [4.69, 9.17) is 16.6 Å². The number of benzene rings is 2. The summed E-state index contributed by atoms with van der Waals surface area (Å²) in [5.41, 5.74) is 2.39. The lowest BCUT2D eigenvalue weighted by Gasteiger charge is -2.14. The summed E-state index contributed by atoms with van der Waals surface area (Å²) < 4.78 is 6.25. The number of thioether (sulfide) groups is 1. The van der Waals surface area contributed by atoms with E-state index in [1.165, 1.54) is 22.7 Å². The molecule has 1 amide bonds. The third-order valence-electron chi connectivity index (χ3n) is 4.38. The fraction of sp³-hybridized carbons (Fsp3) is 0.0455. The quantitative estimate of drug-likeness (QED) is 0.452. The van der Waals surface area contributed by atoms with Gasteiger partial charge < -0.3 is 9.52 Å². The highest BCUT2D eigenvalue weighted by atomic mass is 32.2. The minimum atomic E-state index is -1.03. The summed E-state index contributed by atoms with van der Waals surface area (Å²) in [7, 11) is 0. The van der Waals surface area contributed by atoms with E-state index in [2.05, 4.69) is 0 Å². The molecule has 4 rings (SSSR count). The highest BCUT2D eigenvalue weighted by molar-refractivity contribution is 8.27. The molecule has 0 aliphatic carbocycles. The molecule has 2 aromatic carbocycles. The summed E-state index contributed by atoms with van der Waals surface area (Å²) in [4.78, 5) is 26.3. The van der Waals surface area contributed by atoms with Crippen LogP contribution in [0.2, 0.25) is 0 Å². The number of aromatic carboxylic acids is 1. The summed E-state index contributed by atoms with van der Waals surface area (Å²) in [6.45, 7) is 1.95. The van der Waals surface area contributed by atoms with Crippen molar-refractivity contribution >= 4 is 51.9 Å². The highest BCUT2D eigenvalue weighted by Crippen LogP contribution is 2.37. The van der Waals surface area contributed by atoms with E-state index < -0.39 is 5.97 Å². The average molecular weight is 421 g/mol. The van der Waals surface area contributed by atoms with Crippen LogP contribution in [0.4, 0.5) is 5.69 Å². The van der Waals surface area contributed by atoms with Crippen LogP contribution in [0, 0.1) is 6.92 Å². The summed E-state index contributed by atoms with van der Waals surface area (Å²) in [6, 6.07) is 17.6. The van der Waals surface area contributed by atoms with Crippen LogP contribution in [0.1, 0.15) is 21.7 Å². The third kappa shape index (κ3) is 3.74. The fourth-order valence-corrected chi connectivity index (χ4v) is 4.33. The Labute approximate surface area is 176 Å². The van der Waals surface area contributed by atoms with Gasteiger partial charge in [0, 0.05) is 11.6 Å². The Morgan fingerprint density at radius 2 is 1.93 bits per heavy atom. The standard InChI is InChI=1S/C22H15NO4S2/c1-13-5-4-6-14(11-13)23-20(24)19(29-22(23)28)12-15-9-10-18(27-15)16-7-2-3-8-17(16)21(25)26/h2-12H,1H3,(H,25,26)/b19-12+. The zero-order valence-electron chi connectivity index (χ0n) is 15.3. The molecule has 0 radical (unpaired) electrons. The number of anilines is 1. The smallest absolute Gasteiger partial charge is 0.336 e. The largest absolute Gasteiger partial charge is 0.478 e. The first kappa shape index (κ1) is 19.2. The van der Waals surface area contributed by atoms with Gasteiger partial charge in [-0.1, -0.05) is 54.3 Å². The Morgan fingerprint density at radius 1 is 1.14 bits per heavy atom. The maximum atomic E-state index is 12.9. The number of carboxylic acids is 1. The van der Waals surface area contributed by atoms with Gasteiger partial charge >= 0.3 is 5.97 Å². The topological polar surface area (TPSA) is 70.8 Å². The summed E-state index contributed by atoms with van der Waals surface area (Å²) in [6.07, 6.45) is 1.63. The number of carbonyl (C=O) groups excluding carboxylic acids is 1. The van der Waals surface area contributed by atoms with Gasteiger partial charge in [-0.3, -0.25) is 9.69 Å². The van der Waals surface area contributed by atoms with Crippen LogP contribution in [0.25, 0.3) is 17.4 Å². The second-order valence-corrected chi connectivity index (χ2v) is 8.08. The average Bonchev–Trinajstić information content (AvgIpc) is 3.26. The lowest BCUT2D eigenvalue weighted by atomic mass is 10.1. The Bertz CT molecular complexity index is 1180. The van der Waals surface area contributed by atoms with E-state index in [0.29, 0.717) is 26.3 Å². The number of furan rings is 1. The van der Waals surface area contributed by atoms with E-state index in [-0.39, 0.29) is 11.5 Å². The van der Waals surface area contributed by atoms with E-state index in [9.17, 15) is 14.7 Å². The normalized spacial score (nSPS) is 15.3. The monoisotopic (exact) mass is 421 g/mol. The molecule has 5 nitrogen and oxygen atoms in total. The van der Waals surface area contributed by atoms with Crippen molar-refractivity contribution in [2.75, 3.05) is 4.90 Å². The molecular weight excluding hydrogens is 406 g/mol. The molecule has 0 saturated carbocycles. The van der Waals surface area contributed by atoms with Gasteiger partial charge in [-0.2, -0.15) is 0 Å². The van der Waals surface area contributed by atoms with Crippen LogP contribution in [0.3, 0.4) is 0 Å². The van der Waals surface area contributed by atoms with Crippen molar-refractivity contribution in [3.63, 3.8) is 0 Å². The molecule has 2 heterocycles. The molecule has 0 spiro atoms. The Hall–Kier alpha value is -3.16. The van der Waals surface area contributed by atoms with Crippen LogP contribution in [0.15, 0.2) is 70.0 Å².